The lowest BCUT2D eigenvalue weighted by Gasteiger charge is -2.48. The molecule has 2 N–H and O–H groups in total. The van der Waals surface area contributed by atoms with Crippen LogP contribution in [-0.2, 0) is 11.2 Å². The number of hydrogen-bond donors (Lipinski definition) is 2. The number of nitrogens with one attached hydrogen (secondary N) is 2. The van der Waals surface area contributed by atoms with Gasteiger partial charge < -0.3 is 15.0 Å². The first-order chi connectivity index (χ1) is 11.7. The molecule has 2 aliphatic rings. The van der Waals surface area contributed by atoms with Crippen molar-refractivity contribution in [1.82, 2.24) is 10.3 Å². The van der Waals surface area contributed by atoms with Crippen LogP contribution < -0.4 is 10.9 Å². The predicted octanol–water partition coefficient (Wildman–Crippen LogP) is 1.75. The third kappa shape index (κ3) is 2.76. The SMILES string of the molecule is O=C(N[C@@H]1[C@@H](Cc2ccccc2)[C@H]2OCC[C@@H]12)c1cccc(=O)[nH]1. The number of carbonyl (C=O) groups excluding carboxylic acids is 1. The molecular formula is C19H20N2O3. The van der Waals surface area contributed by atoms with E-state index < -0.39 is 0 Å². The molecule has 5 heteroatoms. The molecule has 1 saturated carbocycles. The van der Waals surface area contributed by atoms with Gasteiger partial charge in [-0.3, -0.25) is 9.59 Å². The van der Waals surface area contributed by atoms with Crippen molar-refractivity contribution in [2.45, 2.75) is 25.0 Å². The highest BCUT2D eigenvalue weighted by Crippen LogP contribution is 2.45. The topological polar surface area (TPSA) is 71.2 Å². The van der Waals surface area contributed by atoms with Gasteiger partial charge in [0.2, 0.25) is 5.56 Å². The predicted molar refractivity (Wildman–Crippen MR) is 89.8 cm³/mol. The second-order valence-corrected chi connectivity index (χ2v) is 6.57. The van der Waals surface area contributed by atoms with Crippen molar-refractivity contribution in [2.75, 3.05) is 6.61 Å². The molecule has 1 aromatic heterocycles. The summed E-state index contributed by atoms with van der Waals surface area (Å²) in [4.78, 5) is 26.4. The number of pyridine rings is 1. The Kier molecular flexibility index (Phi) is 3.94. The van der Waals surface area contributed by atoms with Gasteiger partial charge in [0.25, 0.3) is 5.91 Å². The third-order valence-corrected chi connectivity index (χ3v) is 5.15. The Bertz CT molecular complexity index is 786. The van der Waals surface area contributed by atoms with Gasteiger partial charge in [-0.05, 0) is 24.5 Å². The van der Waals surface area contributed by atoms with Gasteiger partial charge in [0, 0.05) is 30.6 Å². The van der Waals surface area contributed by atoms with E-state index in [1.165, 1.54) is 11.6 Å². The highest BCUT2D eigenvalue weighted by atomic mass is 16.5. The Morgan fingerprint density at radius 2 is 2.00 bits per heavy atom. The van der Waals surface area contributed by atoms with Gasteiger partial charge >= 0.3 is 0 Å². The zero-order valence-corrected chi connectivity index (χ0v) is 13.3. The van der Waals surface area contributed by atoms with Crippen LogP contribution in [0.25, 0.3) is 0 Å². The number of ether oxygens (including phenoxy) is 1. The van der Waals surface area contributed by atoms with Crippen molar-refractivity contribution in [1.29, 1.82) is 0 Å². The zero-order valence-electron chi connectivity index (χ0n) is 13.3. The molecule has 0 radical (unpaired) electrons. The maximum atomic E-state index is 12.5. The lowest BCUT2D eigenvalue weighted by Crippen LogP contribution is -2.62. The largest absolute Gasteiger partial charge is 0.377 e. The summed E-state index contributed by atoms with van der Waals surface area (Å²) < 4.78 is 5.86. The van der Waals surface area contributed by atoms with Gasteiger partial charge in [0.05, 0.1) is 6.10 Å². The fraction of sp³-hybridized carbons (Fsp3) is 0.368. The van der Waals surface area contributed by atoms with Gasteiger partial charge in [-0.1, -0.05) is 36.4 Å². The molecular weight excluding hydrogens is 304 g/mol. The van der Waals surface area contributed by atoms with Crippen LogP contribution in [0.3, 0.4) is 0 Å². The molecule has 5 nitrogen and oxygen atoms in total. The maximum Gasteiger partial charge on any atom is 0.268 e. The van der Waals surface area contributed by atoms with Crippen molar-refractivity contribution >= 4 is 5.91 Å². The first-order valence-electron chi connectivity index (χ1n) is 8.38. The van der Waals surface area contributed by atoms with Crippen LogP contribution in [0, 0.1) is 11.8 Å². The standard InChI is InChI=1S/C19H20N2O3/c22-16-8-4-7-15(20-16)19(23)21-17-13-9-10-24-18(13)14(17)11-12-5-2-1-3-6-12/h1-8,13-14,17-18H,9-11H2,(H,20,22)(H,21,23)/t13-,14+,17-,18-/m0/s1. The quantitative estimate of drug-likeness (QED) is 0.900. The second kappa shape index (κ2) is 6.24. The minimum absolute atomic E-state index is 0.0916. The van der Waals surface area contributed by atoms with Crippen LogP contribution in [0.4, 0.5) is 0 Å². The number of aromatic nitrogens is 1. The van der Waals surface area contributed by atoms with E-state index in [0.29, 0.717) is 11.6 Å². The van der Waals surface area contributed by atoms with Gasteiger partial charge in [-0.15, -0.1) is 0 Å². The highest BCUT2D eigenvalue weighted by molar-refractivity contribution is 5.92. The molecule has 0 unspecified atom stereocenters. The monoisotopic (exact) mass is 324 g/mol. The first-order valence-corrected chi connectivity index (χ1v) is 8.38. The molecule has 0 bridgehead atoms. The van der Waals surface area contributed by atoms with E-state index in [1.807, 2.05) is 18.2 Å². The van der Waals surface area contributed by atoms with E-state index in [2.05, 4.69) is 22.4 Å². The summed E-state index contributed by atoms with van der Waals surface area (Å²) in [5, 5.41) is 3.11. The summed E-state index contributed by atoms with van der Waals surface area (Å²) in [6, 6.07) is 15.0. The van der Waals surface area contributed by atoms with E-state index in [1.54, 1.807) is 12.1 Å². The van der Waals surface area contributed by atoms with E-state index in [-0.39, 0.29) is 29.5 Å². The number of amides is 1. The molecule has 4 atom stereocenters. The summed E-state index contributed by atoms with van der Waals surface area (Å²) in [6.45, 7) is 0.759. The normalized spacial score (nSPS) is 28.0. The molecule has 2 heterocycles. The number of rotatable bonds is 4. The molecule has 4 rings (SSSR count). The van der Waals surface area contributed by atoms with E-state index in [4.69, 9.17) is 4.74 Å². The summed E-state index contributed by atoms with van der Waals surface area (Å²) in [5.74, 6) is 0.429. The summed E-state index contributed by atoms with van der Waals surface area (Å²) >= 11 is 0. The maximum absolute atomic E-state index is 12.5. The molecule has 124 valence electrons. The van der Waals surface area contributed by atoms with Gasteiger partial charge in [-0.2, -0.15) is 0 Å². The molecule has 24 heavy (non-hydrogen) atoms. The molecule has 2 fully saturated rings. The second-order valence-electron chi connectivity index (χ2n) is 6.57. The fourth-order valence-corrected chi connectivity index (χ4v) is 3.98. The summed E-state index contributed by atoms with van der Waals surface area (Å²) in [7, 11) is 0. The smallest absolute Gasteiger partial charge is 0.268 e. The number of fused-ring (bicyclic) bond motifs is 1. The Morgan fingerprint density at radius 1 is 1.17 bits per heavy atom. The summed E-state index contributed by atoms with van der Waals surface area (Å²) in [6.07, 6.45) is 2.09. The number of carbonyl (C=O) groups is 1. The Balaban J connectivity index is 1.50. The van der Waals surface area contributed by atoms with Crippen LogP contribution in [0.15, 0.2) is 53.3 Å². The minimum Gasteiger partial charge on any atom is -0.377 e. The number of benzene rings is 1. The molecule has 1 saturated heterocycles. The lowest BCUT2D eigenvalue weighted by molar-refractivity contribution is -0.0528. The summed E-state index contributed by atoms with van der Waals surface area (Å²) in [5.41, 5.74) is 1.30. The zero-order chi connectivity index (χ0) is 16.5. The lowest BCUT2D eigenvalue weighted by atomic mass is 9.64. The molecule has 1 aliphatic carbocycles. The molecule has 1 aromatic carbocycles. The Hall–Kier alpha value is -2.40. The van der Waals surface area contributed by atoms with Crippen LogP contribution in [0.2, 0.25) is 0 Å². The van der Waals surface area contributed by atoms with E-state index in [9.17, 15) is 9.59 Å². The minimum atomic E-state index is -0.265. The van der Waals surface area contributed by atoms with Crippen LogP contribution in [0.5, 0.6) is 0 Å². The van der Waals surface area contributed by atoms with Crippen molar-refractivity contribution in [3.63, 3.8) is 0 Å². The van der Waals surface area contributed by atoms with Crippen LogP contribution >= 0.6 is 0 Å². The Morgan fingerprint density at radius 3 is 2.79 bits per heavy atom. The highest BCUT2D eigenvalue weighted by Gasteiger charge is 2.54. The van der Waals surface area contributed by atoms with Crippen molar-refractivity contribution in [2.24, 2.45) is 11.8 Å². The molecule has 1 aliphatic heterocycles. The van der Waals surface area contributed by atoms with Crippen molar-refractivity contribution in [3.8, 4) is 0 Å². The average molecular weight is 324 g/mol. The van der Waals surface area contributed by atoms with Crippen molar-refractivity contribution in [3.05, 3.63) is 70.1 Å². The first kappa shape index (κ1) is 15.1. The average Bonchev–Trinajstić information content (AvgIpc) is 3.03. The van der Waals surface area contributed by atoms with Crippen molar-refractivity contribution < 1.29 is 9.53 Å². The number of H-pyrrole nitrogens is 1. The molecule has 0 spiro atoms. The van der Waals surface area contributed by atoms with Gasteiger partial charge in [-0.25, -0.2) is 0 Å². The third-order valence-electron chi connectivity index (χ3n) is 5.15. The fourth-order valence-electron chi connectivity index (χ4n) is 3.98. The van der Waals surface area contributed by atoms with Crippen LogP contribution in [0.1, 0.15) is 22.5 Å². The van der Waals surface area contributed by atoms with Gasteiger partial charge in [0.1, 0.15) is 5.69 Å². The molecule has 2 aromatic rings. The number of hydrogen-bond acceptors (Lipinski definition) is 3. The Labute approximate surface area is 140 Å². The van der Waals surface area contributed by atoms with E-state index >= 15 is 0 Å². The molecule has 1 amide bonds. The van der Waals surface area contributed by atoms with Crippen LogP contribution in [-0.4, -0.2) is 29.6 Å². The van der Waals surface area contributed by atoms with E-state index in [0.717, 1.165) is 19.4 Å². The number of aromatic amines is 1. The van der Waals surface area contributed by atoms with Gasteiger partial charge in [0.15, 0.2) is 0 Å².